The van der Waals surface area contributed by atoms with Crippen LogP contribution < -0.4 is 4.74 Å². The van der Waals surface area contributed by atoms with Crippen LogP contribution in [0.4, 0.5) is 0 Å². The SMILES string of the molecule is Cc1cnc(-c2nc(-c3ccc(OC(C)C)c(Cl)c3)no2)cn1. The number of hydrogen-bond donors (Lipinski definition) is 0. The molecular formula is C16H15ClN4O2. The predicted octanol–water partition coefficient (Wildman–Crippen LogP) is 3.94. The summed E-state index contributed by atoms with van der Waals surface area (Å²) in [4.78, 5) is 12.7. The third kappa shape index (κ3) is 3.48. The lowest BCUT2D eigenvalue weighted by Crippen LogP contribution is -2.05. The van der Waals surface area contributed by atoms with Crippen LogP contribution in [0, 0.1) is 6.92 Å². The minimum absolute atomic E-state index is 0.0511. The normalized spacial score (nSPS) is 11.0. The molecule has 7 heteroatoms. The van der Waals surface area contributed by atoms with E-state index in [-0.39, 0.29) is 6.10 Å². The van der Waals surface area contributed by atoms with E-state index in [2.05, 4.69) is 20.1 Å². The second-order valence-corrected chi connectivity index (χ2v) is 5.69. The summed E-state index contributed by atoms with van der Waals surface area (Å²) in [7, 11) is 0. The summed E-state index contributed by atoms with van der Waals surface area (Å²) < 4.78 is 10.8. The van der Waals surface area contributed by atoms with Crippen LogP contribution in [0.2, 0.25) is 5.02 Å². The minimum atomic E-state index is 0.0511. The number of hydrogen-bond acceptors (Lipinski definition) is 6. The Labute approximate surface area is 138 Å². The minimum Gasteiger partial charge on any atom is -0.489 e. The molecule has 2 heterocycles. The molecule has 2 aromatic heterocycles. The second-order valence-electron chi connectivity index (χ2n) is 5.28. The van der Waals surface area contributed by atoms with Gasteiger partial charge in [0, 0.05) is 11.8 Å². The van der Waals surface area contributed by atoms with Crippen molar-refractivity contribution < 1.29 is 9.26 Å². The molecule has 0 amide bonds. The lowest BCUT2D eigenvalue weighted by Gasteiger charge is -2.11. The Morgan fingerprint density at radius 1 is 1.17 bits per heavy atom. The fourth-order valence-corrected chi connectivity index (χ4v) is 2.16. The van der Waals surface area contributed by atoms with Crippen LogP contribution in [0.1, 0.15) is 19.5 Å². The van der Waals surface area contributed by atoms with Crippen molar-refractivity contribution in [3.05, 3.63) is 41.3 Å². The first-order chi connectivity index (χ1) is 11.0. The average Bonchev–Trinajstić information content (AvgIpc) is 2.99. The zero-order chi connectivity index (χ0) is 16.4. The quantitative estimate of drug-likeness (QED) is 0.721. The third-order valence-electron chi connectivity index (χ3n) is 2.98. The molecule has 1 aromatic carbocycles. The van der Waals surface area contributed by atoms with E-state index >= 15 is 0 Å². The highest BCUT2D eigenvalue weighted by atomic mass is 35.5. The molecule has 0 N–H and O–H groups in total. The van der Waals surface area contributed by atoms with Crippen LogP contribution in [0.5, 0.6) is 5.75 Å². The van der Waals surface area contributed by atoms with Gasteiger partial charge in [-0.3, -0.25) is 4.98 Å². The summed E-state index contributed by atoms with van der Waals surface area (Å²) >= 11 is 6.23. The van der Waals surface area contributed by atoms with E-state index < -0.39 is 0 Å². The smallest absolute Gasteiger partial charge is 0.278 e. The Hall–Kier alpha value is -2.47. The van der Waals surface area contributed by atoms with Gasteiger partial charge in [0.25, 0.3) is 5.89 Å². The molecule has 0 spiro atoms. The van der Waals surface area contributed by atoms with E-state index in [9.17, 15) is 0 Å². The molecule has 0 saturated carbocycles. The Kier molecular flexibility index (Phi) is 4.25. The summed E-state index contributed by atoms with van der Waals surface area (Å²) in [6.45, 7) is 5.75. The van der Waals surface area contributed by atoms with Crippen LogP contribution in [0.3, 0.4) is 0 Å². The van der Waals surface area contributed by atoms with Crippen molar-refractivity contribution in [3.63, 3.8) is 0 Å². The molecule has 0 unspecified atom stereocenters. The summed E-state index contributed by atoms with van der Waals surface area (Å²) in [5, 5.41) is 4.46. The van der Waals surface area contributed by atoms with Gasteiger partial charge in [0.05, 0.1) is 23.0 Å². The number of benzene rings is 1. The molecule has 0 radical (unpaired) electrons. The molecule has 0 aliphatic carbocycles. The number of rotatable bonds is 4. The first kappa shape index (κ1) is 15.4. The van der Waals surface area contributed by atoms with E-state index in [1.165, 1.54) is 0 Å². The van der Waals surface area contributed by atoms with Gasteiger partial charge in [-0.1, -0.05) is 16.8 Å². The molecule has 0 aliphatic heterocycles. The first-order valence-corrected chi connectivity index (χ1v) is 7.50. The molecule has 6 nitrogen and oxygen atoms in total. The van der Waals surface area contributed by atoms with Crippen LogP contribution in [-0.4, -0.2) is 26.2 Å². The number of aromatic nitrogens is 4. The van der Waals surface area contributed by atoms with Crippen molar-refractivity contribution in [3.8, 4) is 28.7 Å². The molecule has 3 rings (SSSR count). The lowest BCUT2D eigenvalue weighted by atomic mass is 10.2. The van der Waals surface area contributed by atoms with Crippen LogP contribution >= 0.6 is 11.6 Å². The number of ether oxygens (including phenoxy) is 1. The van der Waals surface area contributed by atoms with Crippen molar-refractivity contribution in [2.45, 2.75) is 26.9 Å². The van der Waals surface area contributed by atoms with Gasteiger partial charge in [0.15, 0.2) is 0 Å². The van der Waals surface area contributed by atoms with Gasteiger partial charge in [-0.05, 0) is 39.0 Å². The van der Waals surface area contributed by atoms with Crippen molar-refractivity contribution in [1.82, 2.24) is 20.1 Å². The van der Waals surface area contributed by atoms with Crippen molar-refractivity contribution in [1.29, 1.82) is 0 Å². The molecule has 0 saturated heterocycles. The van der Waals surface area contributed by atoms with Crippen LogP contribution in [0.25, 0.3) is 23.0 Å². The summed E-state index contributed by atoms with van der Waals surface area (Å²) in [6.07, 6.45) is 3.29. The number of nitrogens with zero attached hydrogens (tertiary/aromatic N) is 4. The largest absolute Gasteiger partial charge is 0.489 e. The Bertz CT molecular complexity index is 815. The Balaban J connectivity index is 1.88. The molecule has 0 aliphatic rings. The van der Waals surface area contributed by atoms with Gasteiger partial charge < -0.3 is 9.26 Å². The maximum Gasteiger partial charge on any atom is 0.278 e. The zero-order valence-corrected chi connectivity index (χ0v) is 13.7. The molecule has 0 fully saturated rings. The molecular weight excluding hydrogens is 316 g/mol. The van der Waals surface area contributed by atoms with Gasteiger partial charge in [-0.2, -0.15) is 4.98 Å². The summed E-state index contributed by atoms with van der Waals surface area (Å²) in [5.41, 5.74) is 2.09. The van der Waals surface area contributed by atoms with Crippen LogP contribution in [-0.2, 0) is 0 Å². The molecule has 23 heavy (non-hydrogen) atoms. The summed E-state index contributed by atoms with van der Waals surface area (Å²) in [6, 6.07) is 5.37. The molecule has 0 atom stereocenters. The maximum atomic E-state index is 6.23. The van der Waals surface area contributed by atoms with Gasteiger partial charge >= 0.3 is 0 Å². The van der Waals surface area contributed by atoms with E-state index in [0.29, 0.717) is 28.2 Å². The highest BCUT2D eigenvalue weighted by molar-refractivity contribution is 6.32. The van der Waals surface area contributed by atoms with Gasteiger partial charge in [-0.15, -0.1) is 0 Å². The fourth-order valence-electron chi connectivity index (χ4n) is 1.94. The average molecular weight is 331 g/mol. The predicted molar refractivity (Wildman–Crippen MR) is 86.3 cm³/mol. The van der Waals surface area contributed by atoms with Crippen molar-refractivity contribution >= 4 is 11.6 Å². The van der Waals surface area contributed by atoms with Crippen LogP contribution in [0.15, 0.2) is 35.1 Å². The second kappa shape index (κ2) is 6.34. The highest BCUT2D eigenvalue weighted by Crippen LogP contribution is 2.30. The standard InChI is InChI=1S/C16H15ClN4O2/c1-9(2)22-14-5-4-11(6-12(14)17)15-20-16(23-21-15)13-8-18-10(3)7-19-13/h4-9H,1-3H3. The van der Waals surface area contributed by atoms with E-state index in [1.807, 2.05) is 26.8 Å². The van der Waals surface area contributed by atoms with Gasteiger partial charge in [0.1, 0.15) is 11.4 Å². The molecule has 3 aromatic rings. The number of halogens is 1. The molecule has 0 bridgehead atoms. The summed E-state index contributed by atoms with van der Waals surface area (Å²) in [5.74, 6) is 1.37. The van der Waals surface area contributed by atoms with Crippen molar-refractivity contribution in [2.75, 3.05) is 0 Å². The Morgan fingerprint density at radius 3 is 2.65 bits per heavy atom. The third-order valence-corrected chi connectivity index (χ3v) is 3.27. The first-order valence-electron chi connectivity index (χ1n) is 7.12. The fraction of sp³-hybridized carbons (Fsp3) is 0.250. The maximum absolute atomic E-state index is 6.23. The van der Waals surface area contributed by atoms with Crippen molar-refractivity contribution in [2.24, 2.45) is 0 Å². The van der Waals surface area contributed by atoms with Gasteiger partial charge in [0.2, 0.25) is 5.82 Å². The molecule has 118 valence electrons. The number of aryl methyl sites for hydroxylation is 1. The van der Waals surface area contributed by atoms with Gasteiger partial charge in [-0.25, -0.2) is 4.98 Å². The van der Waals surface area contributed by atoms with E-state index in [4.69, 9.17) is 20.9 Å². The zero-order valence-electron chi connectivity index (χ0n) is 12.9. The highest BCUT2D eigenvalue weighted by Gasteiger charge is 2.14. The Morgan fingerprint density at radius 2 is 2.00 bits per heavy atom. The topological polar surface area (TPSA) is 73.9 Å². The monoisotopic (exact) mass is 330 g/mol. The van der Waals surface area contributed by atoms with E-state index in [0.717, 1.165) is 11.3 Å². The lowest BCUT2D eigenvalue weighted by molar-refractivity contribution is 0.242. The van der Waals surface area contributed by atoms with E-state index in [1.54, 1.807) is 24.5 Å².